The van der Waals surface area contributed by atoms with Crippen LogP contribution in [0.25, 0.3) is 0 Å². The third kappa shape index (κ3) is 4.79. The van der Waals surface area contributed by atoms with Gasteiger partial charge in [0.1, 0.15) is 6.10 Å². The molecule has 1 aromatic carbocycles. The van der Waals surface area contributed by atoms with E-state index in [2.05, 4.69) is 71.6 Å². The van der Waals surface area contributed by atoms with Crippen LogP contribution in [0, 0.1) is 17.8 Å². The number of benzene rings is 1. The maximum Gasteiger partial charge on any atom is 0.309 e. The van der Waals surface area contributed by atoms with Gasteiger partial charge in [0.05, 0.1) is 13.1 Å². The molecule has 1 aliphatic carbocycles. The molecule has 146 valence electrons. The van der Waals surface area contributed by atoms with E-state index in [1.54, 1.807) is 0 Å². The van der Waals surface area contributed by atoms with E-state index in [1.165, 1.54) is 18.4 Å². The average molecular weight is 375 g/mol. The van der Waals surface area contributed by atoms with E-state index in [-0.39, 0.29) is 12.1 Å². The summed E-state index contributed by atoms with van der Waals surface area (Å²) in [5.41, 5.74) is 1.23. The Morgan fingerprint density at radius 2 is 1.81 bits per heavy atom. The first-order valence-corrected chi connectivity index (χ1v) is 13.8. The minimum absolute atomic E-state index is 0.0327. The summed E-state index contributed by atoms with van der Waals surface area (Å²) in [6, 6.07) is 10.4. The van der Waals surface area contributed by atoms with Crippen molar-refractivity contribution in [2.75, 3.05) is 0 Å². The van der Waals surface area contributed by atoms with Crippen LogP contribution in [0.1, 0.15) is 52.5 Å². The highest BCUT2D eigenvalue weighted by molar-refractivity contribution is 6.82. The summed E-state index contributed by atoms with van der Waals surface area (Å²) in [6.07, 6.45) is 4.31. The number of rotatable bonds is 6. The highest BCUT2D eigenvalue weighted by Gasteiger charge is 2.48. The molecular weight excluding hydrogens is 336 g/mol. The minimum Gasteiger partial charge on any atom is -0.462 e. The molecule has 3 heteroatoms. The molecule has 1 saturated carbocycles. The van der Waals surface area contributed by atoms with Gasteiger partial charge in [0, 0.05) is 0 Å². The SMILES string of the molecule is CC(C)[C@@H]1CC[C@@H](C)C[C@H]1OC(=O)C(C)(Cc1ccccc1)[Si](C)(C)C. The second kappa shape index (κ2) is 8.29. The van der Waals surface area contributed by atoms with Crippen LogP contribution in [-0.4, -0.2) is 20.1 Å². The number of hydrogen-bond donors (Lipinski definition) is 0. The lowest BCUT2D eigenvalue weighted by Crippen LogP contribution is -2.48. The van der Waals surface area contributed by atoms with Crippen LogP contribution in [-0.2, 0) is 16.0 Å². The molecule has 2 rings (SSSR count). The number of carbonyl (C=O) groups excluding carboxylic acids is 1. The van der Waals surface area contributed by atoms with Gasteiger partial charge in [-0.1, -0.05) is 84.1 Å². The van der Waals surface area contributed by atoms with E-state index < -0.39 is 13.1 Å². The number of ether oxygens (including phenoxy) is 1. The predicted molar refractivity (Wildman–Crippen MR) is 113 cm³/mol. The highest BCUT2D eigenvalue weighted by atomic mass is 28.3. The molecule has 0 aliphatic heterocycles. The Balaban J connectivity index is 2.23. The van der Waals surface area contributed by atoms with Crippen molar-refractivity contribution in [3.05, 3.63) is 35.9 Å². The fraction of sp³-hybridized carbons (Fsp3) is 0.696. The highest BCUT2D eigenvalue weighted by Crippen LogP contribution is 2.44. The lowest BCUT2D eigenvalue weighted by Gasteiger charge is -2.42. The van der Waals surface area contributed by atoms with Crippen LogP contribution in [0.4, 0.5) is 0 Å². The van der Waals surface area contributed by atoms with Crippen LogP contribution in [0.3, 0.4) is 0 Å². The quantitative estimate of drug-likeness (QED) is 0.429. The molecular formula is C23H38O2Si. The van der Waals surface area contributed by atoms with Crippen molar-refractivity contribution in [2.45, 2.75) is 84.2 Å². The summed E-state index contributed by atoms with van der Waals surface area (Å²) in [7, 11) is -1.78. The number of esters is 1. The van der Waals surface area contributed by atoms with Gasteiger partial charge in [0.2, 0.25) is 0 Å². The van der Waals surface area contributed by atoms with Crippen LogP contribution >= 0.6 is 0 Å². The van der Waals surface area contributed by atoms with Gasteiger partial charge in [-0.2, -0.15) is 0 Å². The van der Waals surface area contributed by atoms with Gasteiger partial charge in [0.25, 0.3) is 0 Å². The molecule has 1 aromatic rings. The van der Waals surface area contributed by atoms with Gasteiger partial charge < -0.3 is 4.74 Å². The fourth-order valence-electron chi connectivity index (χ4n) is 4.17. The zero-order valence-corrected chi connectivity index (χ0v) is 18.8. The molecule has 2 nitrogen and oxygen atoms in total. The van der Waals surface area contributed by atoms with Crippen LogP contribution in [0.2, 0.25) is 24.7 Å². The van der Waals surface area contributed by atoms with Crippen molar-refractivity contribution in [1.29, 1.82) is 0 Å². The monoisotopic (exact) mass is 374 g/mol. The van der Waals surface area contributed by atoms with Crippen molar-refractivity contribution in [3.63, 3.8) is 0 Å². The maximum atomic E-state index is 13.5. The van der Waals surface area contributed by atoms with Crippen molar-refractivity contribution >= 4 is 14.0 Å². The van der Waals surface area contributed by atoms with E-state index in [4.69, 9.17) is 4.74 Å². The maximum absolute atomic E-state index is 13.5. The Labute approximate surface area is 161 Å². The molecule has 0 radical (unpaired) electrons. The summed E-state index contributed by atoms with van der Waals surface area (Å²) < 4.78 is 6.30. The normalized spacial score (nSPS) is 26.4. The predicted octanol–water partition coefficient (Wildman–Crippen LogP) is 6.33. The molecule has 1 aliphatic rings. The van der Waals surface area contributed by atoms with Gasteiger partial charge >= 0.3 is 5.97 Å². The van der Waals surface area contributed by atoms with Crippen molar-refractivity contribution in [3.8, 4) is 0 Å². The molecule has 0 amide bonds. The standard InChI is InChI=1S/C23H38O2Si/c1-17(2)20-14-13-18(3)15-21(20)25-22(24)23(4,26(5,6)7)16-19-11-9-8-10-12-19/h8-12,17-18,20-21H,13-16H2,1-7H3/t18-,20+,21-,23?/m1/s1. The molecule has 1 unspecified atom stereocenters. The Bertz CT molecular complexity index is 590. The second-order valence-electron chi connectivity index (χ2n) is 10.0. The first-order chi connectivity index (χ1) is 12.0. The average Bonchev–Trinajstić information content (AvgIpc) is 2.54. The molecule has 4 atom stereocenters. The number of hydrogen-bond acceptors (Lipinski definition) is 2. The topological polar surface area (TPSA) is 26.3 Å². The molecule has 0 spiro atoms. The third-order valence-corrected chi connectivity index (χ3v) is 10.4. The van der Waals surface area contributed by atoms with Gasteiger partial charge in [-0.3, -0.25) is 4.79 Å². The fourth-order valence-corrected chi connectivity index (χ4v) is 5.57. The number of carbonyl (C=O) groups is 1. The molecule has 0 bridgehead atoms. The van der Waals surface area contributed by atoms with E-state index in [0.717, 1.165) is 12.8 Å². The third-order valence-electron chi connectivity index (χ3n) is 6.73. The van der Waals surface area contributed by atoms with Gasteiger partial charge in [-0.15, -0.1) is 0 Å². The molecule has 0 heterocycles. The van der Waals surface area contributed by atoms with Crippen LogP contribution in [0.15, 0.2) is 30.3 Å². The second-order valence-corrected chi connectivity index (χ2v) is 15.6. The Morgan fingerprint density at radius 3 is 2.35 bits per heavy atom. The lowest BCUT2D eigenvalue weighted by molar-refractivity contribution is -0.159. The van der Waals surface area contributed by atoms with Gasteiger partial charge in [0.15, 0.2) is 0 Å². The summed E-state index contributed by atoms with van der Waals surface area (Å²) in [6.45, 7) is 15.8. The Hall–Kier alpha value is -1.09. The van der Waals surface area contributed by atoms with E-state index >= 15 is 0 Å². The van der Waals surface area contributed by atoms with Crippen LogP contribution < -0.4 is 0 Å². The van der Waals surface area contributed by atoms with Crippen LogP contribution in [0.5, 0.6) is 0 Å². The molecule has 26 heavy (non-hydrogen) atoms. The zero-order valence-electron chi connectivity index (χ0n) is 17.8. The van der Waals surface area contributed by atoms with Gasteiger partial charge in [-0.05, 0) is 42.6 Å². The van der Waals surface area contributed by atoms with Crippen molar-refractivity contribution in [1.82, 2.24) is 0 Å². The van der Waals surface area contributed by atoms with E-state index in [1.807, 2.05) is 6.07 Å². The summed E-state index contributed by atoms with van der Waals surface area (Å²) in [5.74, 6) is 1.74. The summed E-state index contributed by atoms with van der Waals surface area (Å²) >= 11 is 0. The zero-order chi connectivity index (χ0) is 19.5. The lowest BCUT2D eigenvalue weighted by atomic mass is 9.75. The molecule has 0 N–H and O–H groups in total. The van der Waals surface area contributed by atoms with Gasteiger partial charge in [-0.25, -0.2) is 0 Å². The Morgan fingerprint density at radius 1 is 1.19 bits per heavy atom. The Kier molecular flexibility index (Phi) is 6.76. The molecule has 0 saturated heterocycles. The summed E-state index contributed by atoms with van der Waals surface area (Å²) in [4.78, 5) is 13.5. The summed E-state index contributed by atoms with van der Waals surface area (Å²) in [5, 5.41) is -0.406. The molecule has 1 fully saturated rings. The van der Waals surface area contributed by atoms with E-state index in [9.17, 15) is 4.79 Å². The smallest absolute Gasteiger partial charge is 0.309 e. The largest absolute Gasteiger partial charge is 0.462 e. The molecule has 0 aromatic heterocycles. The first kappa shape index (κ1) is 21.2. The minimum atomic E-state index is -1.78. The van der Waals surface area contributed by atoms with Crippen molar-refractivity contribution in [2.24, 2.45) is 17.8 Å². The van der Waals surface area contributed by atoms with E-state index in [0.29, 0.717) is 17.8 Å². The van der Waals surface area contributed by atoms with Crippen molar-refractivity contribution < 1.29 is 9.53 Å². The first-order valence-electron chi connectivity index (χ1n) is 10.3.